The summed E-state index contributed by atoms with van der Waals surface area (Å²) >= 11 is 8.66. The standard InChI is InChI=1S/C20H24BrN3O2S/c1-4-22-20(27)24-23-12-16-10-17(21)19(18(11-16)25-5-2)26-13-15-8-6-14(3)7-9-15/h6-12H,4-5,13H2,1-3H3,(H2,22,24,27). The van der Waals surface area contributed by atoms with Gasteiger partial charge in [0, 0.05) is 6.54 Å². The van der Waals surface area contributed by atoms with Gasteiger partial charge in [0.05, 0.1) is 17.3 Å². The molecular weight excluding hydrogens is 426 g/mol. The summed E-state index contributed by atoms with van der Waals surface area (Å²) in [6.45, 7) is 7.72. The quantitative estimate of drug-likeness (QED) is 0.351. The van der Waals surface area contributed by atoms with Gasteiger partial charge in [-0.05, 0) is 72.2 Å². The van der Waals surface area contributed by atoms with Crippen LogP contribution in [0.3, 0.4) is 0 Å². The van der Waals surface area contributed by atoms with Gasteiger partial charge in [0.1, 0.15) is 6.61 Å². The summed E-state index contributed by atoms with van der Waals surface area (Å²) in [7, 11) is 0. The van der Waals surface area contributed by atoms with E-state index in [1.54, 1.807) is 6.21 Å². The van der Waals surface area contributed by atoms with Crippen molar-refractivity contribution in [3.05, 3.63) is 57.6 Å². The number of benzene rings is 2. The Balaban J connectivity index is 2.13. The average molecular weight is 450 g/mol. The molecule has 0 aromatic heterocycles. The highest BCUT2D eigenvalue weighted by Crippen LogP contribution is 2.37. The van der Waals surface area contributed by atoms with E-state index in [0.717, 1.165) is 22.1 Å². The molecule has 0 heterocycles. The summed E-state index contributed by atoms with van der Waals surface area (Å²) in [6.07, 6.45) is 1.68. The molecule has 2 rings (SSSR count). The highest BCUT2D eigenvalue weighted by Gasteiger charge is 2.12. The summed E-state index contributed by atoms with van der Waals surface area (Å²) in [5.41, 5.74) is 5.95. The Kier molecular flexibility index (Phi) is 8.54. The summed E-state index contributed by atoms with van der Waals surface area (Å²) in [4.78, 5) is 0. The molecule has 0 aliphatic rings. The first-order valence-electron chi connectivity index (χ1n) is 8.75. The number of hydrogen-bond donors (Lipinski definition) is 2. The highest BCUT2D eigenvalue weighted by molar-refractivity contribution is 9.10. The molecular formula is C20H24BrN3O2S. The van der Waals surface area contributed by atoms with Gasteiger partial charge in [-0.2, -0.15) is 5.10 Å². The van der Waals surface area contributed by atoms with E-state index in [1.165, 1.54) is 5.56 Å². The van der Waals surface area contributed by atoms with Crippen molar-refractivity contribution in [2.75, 3.05) is 13.2 Å². The molecule has 144 valence electrons. The Morgan fingerprint density at radius 3 is 2.59 bits per heavy atom. The van der Waals surface area contributed by atoms with Crippen LogP contribution in [0.4, 0.5) is 0 Å². The predicted molar refractivity (Wildman–Crippen MR) is 118 cm³/mol. The van der Waals surface area contributed by atoms with Crippen LogP contribution < -0.4 is 20.2 Å². The molecule has 0 atom stereocenters. The zero-order valence-corrected chi connectivity index (χ0v) is 18.1. The molecule has 2 aromatic rings. The average Bonchev–Trinajstić information content (AvgIpc) is 2.63. The second-order valence-electron chi connectivity index (χ2n) is 5.77. The number of hydrogen-bond acceptors (Lipinski definition) is 4. The number of halogens is 1. The van der Waals surface area contributed by atoms with Gasteiger partial charge in [-0.1, -0.05) is 29.8 Å². The number of hydrazone groups is 1. The first kappa shape index (κ1) is 21.2. The van der Waals surface area contributed by atoms with E-state index < -0.39 is 0 Å². The van der Waals surface area contributed by atoms with Crippen LogP contribution >= 0.6 is 28.1 Å². The molecule has 27 heavy (non-hydrogen) atoms. The van der Waals surface area contributed by atoms with Crippen LogP contribution in [0.5, 0.6) is 11.5 Å². The number of nitrogens with one attached hydrogen (secondary N) is 2. The Morgan fingerprint density at radius 2 is 1.93 bits per heavy atom. The highest BCUT2D eigenvalue weighted by atomic mass is 79.9. The summed E-state index contributed by atoms with van der Waals surface area (Å²) in [6, 6.07) is 12.1. The van der Waals surface area contributed by atoms with E-state index in [4.69, 9.17) is 21.7 Å². The van der Waals surface area contributed by atoms with Crippen molar-refractivity contribution in [1.29, 1.82) is 0 Å². The van der Waals surface area contributed by atoms with Crippen molar-refractivity contribution in [2.45, 2.75) is 27.4 Å². The molecule has 0 spiro atoms. The molecule has 5 nitrogen and oxygen atoms in total. The molecule has 0 radical (unpaired) electrons. The predicted octanol–water partition coefficient (Wildman–Crippen LogP) is 4.55. The lowest BCUT2D eigenvalue weighted by Crippen LogP contribution is -2.31. The number of rotatable bonds is 8. The molecule has 0 unspecified atom stereocenters. The lowest BCUT2D eigenvalue weighted by atomic mass is 10.2. The SMILES string of the molecule is CCNC(=S)NN=Cc1cc(Br)c(OCc2ccc(C)cc2)c(OCC)c1. The molecule has 2 aromatic carbocycles. The van der Waals surface area contributed by atoms with E-state index in [1.807, 2.05) is 26.0 Å². The molecule has 0 saturated carbocycles. The third kappa shape index (κ3) is 6.84. The van der Waals surface area contributed by atoms with Gasteiger partial charge < -0.3 is 14.8 Å². The number of aryl methyl sites for hydroxylation is 1. The minimum atomic E-state index is 0.463. The van der Waals surface area contributed by atoms with Crippen LogP contribution in [0.25, 0.3) is 0 Å². The fraction of sp³-hybridized carbons (Fsp3) is 0.300. The van der Waals surface area contributed by atoms with E-state index >= 15 is 0 Å². The second kappa shape index (κ2) is 10.9. The Morgan fingerprint density at radius 1 is 1.19 bits per heavy atom. The largest absolute Gasteiger partial charge is 0.490 e. The van der Waals surface area contributed by atoms with Crippen LogP contribution in [-0.4, -0.2) is 24.5 Å². The fourth-order valence-corrected chi connectivity index (χ4v) is 3.04. The monoisotopic (exact) mass is 449 g/mol. The van der Waals surface area contributed by atoms with Gasteiger partial charge in [0.2, 0.25) is 0 Å². The number of nitrogens with zero attached hydrogens (tertiary/aromatic N) is 1. The smallest absolute Gasteiger partial charge is 0.186 e. The molecule has 7 heteroatoms. The molecule has 0 amide bonds. The maximum Gasteiger partial charge on any atom is 0.186 e. The molecule has 0 aliphatic carbocycles. The lowest BCUT2D eigenvalue weighted by Gasteiger charge is -2.15. The van der Waals surface area contributed by atoms with Crippen LogP contribution in [0.15, 0.2) is 46.0 Å². The van der Waals surface area contributed by atoms with Crippen LogP contribution in [0, 0.1) is 6.92 Å². The van der Waals surface area contributed by atoms with E-state index in [0.29, 0.717) is 29.8 Å². The topological polar surface area (TPSA) is 54.9 Å². The van der Waals surface area contributed by atoms with E-state index in [9.17, 15) is 0 Å². The van der Waals surface area contributed by atoms with Crippen LogP contribution in [0.2, 0.25) is 0 Å². The summed E-state index contributed by atoms with van der Waals surface area (Å²) < 4.78 is 12.6. The zero-order valence-electron chi connectivity index (χ0n) is 15.7. The normalized spacial score (nSPS) is 10.7. The molecule has 0 bridgehead atoms. The van der Waals surface area contributed by atoms with Crippen molar-refractivity contribution in [2.24, 2.45) is 5.10 Å². The van der Waals surface area contributed by atoms with E-state index in [2.05, 4.69) is 63.0 Å². The van der Waals surface area contributed by atoms with Gasteiger partial charge in [-0.25, -0.2) is 0 Å². The Bertz CT molecular complexity index is 795. The maximum atomic E-state index is 6.01. The van der Waals surface area contributed by atoms with Gasteiger partial charge in [0.25, 0.3) is 0 Å². The van der Waals surface area contributed by atoms with E-state index in [-0.39, 0.29) is 0 Å². The van der Waals surface area contributed by atoms with Gasteiger partial charge in [-0.3, -0.25) is 5.43 Å². The maximum absolute atomic E-state index is 6.01. The van der Waals surface area contributed by atoms with Crippen molar-refractivity contribution in [3.8, 4) is 11.5 Å². The lowest BCUT2D eigenvalue weighted by molar-refractivity contribution is 0.267. The Labute approximate surface area is 174 Å². The first-order chi connectivity index (χ1) is 13.0. The van der Waals surface area contributed by atoms with Gasteiger partial charge in [-0.15, -0.1) is 0 Å². The summed E-state index contributed by atoms with van der Waals surface area (Å²) in [5, 5.41) is 7.59. The van der Waals surface area contributed by atoms with Crippen molar-refractivity contribution < 1.29 is 9.47 Å². The Hall–Kier alpha value is -2.12. The third-order valence-electron chi connectivity index (χ3n) is 3.55. The van der Waals surface area contributed by atoms with Crippen molar-refractivity contribution >= 4 is 39.5 Å². The second-order valence-corrected chi connectivity index (χ2v) is 7.03. The minimum absolute atomic E-state index is 0.463. The minimum Gasteiger partial charge on any atom is -0.490 e. The van der Waals surface area contributed by atoms with Gasteiger partial charge >= 0.3 is 0 Å². The summed E-state index contributed by atoms with van der Waals surface area (Å²) in [5.74, 6) is 1.33. The third-order valence-corrected chi connectivity index (χ3v) is 4.38. The van der Waals surface area contributed by atoms with Crippen LogP contribution in [-0.2, 0) is 6.61 Å². The van der Waals surface area contributed by atoms with Crippen molar-refractivity contribution in [3.63, 3.8) is 0 Å². The molecule has 2 N–H and O–H groups in total. The van der Waals surface area contributed by atoms with Crippen LogP contribution in [0.1, 0.15) is 30.5 Å². The van der Waals surface area contributed by atoms with Crippen molar-refractivity contribution in [1.82, 2.24) is 10.7 Å². The fourth-order valence-electron chi connectivity index (χ4n) is 2.27. The molecule has 0 aliphatic heterocycles. The van der Waals surface area contributed by atoms with Gasteiger partial charge in [0.15, 0.2) is 16.6 Å². The zero-order chi connectivity index (χ0) is 19.6. The molecule has 0 fully saturated rings. The number of thiocarbonyl (C=S) groups is 1. The molecule has 0 saturated heterocycles. The first-order valence-corrected chi connectivity index (χ1v) is 9.95. The number of ether oxygens (including phenoxy) is 2.